The Morgan fingerprint density at radius 1 is 1.11 bits per heavy atom. The van der Waals surface area contributed by atoms with Crippen LogP contribution in [0, 0.1) is 11.8 Å². The number of nitrogens with zero attached hydrogens (tertiary/aromatic N) is 5. The molecule has 1 amide bonds. The molecule has 0 aromatic carbocycles. The average molecular weight is 509 g/mol. The molecule has 0 spiro atoms. The van der Waals surface area contributed by atoms with E-state index in [-0.39, 0.29) is 12.0 Å². The van der Waals surface area contributed by atoms with Gasteiger partial charge in [0, 0.05) is 49.5 Å². The summed E-state index contributed by atoms with van der Waals surface area (Å²) in [6.45, 7) is 5.93. The molecule has 4 heterocycles. The first-order valence-electron chi connectivity index (χ1n) is 14.8. The molecule has 2 saturated heterocycles. The third-order valence-corrected chi connectivity index (χ3v) is 9.64. The third-order valence-electron chi connectivity index (χ3n) is 9.64. The smallest absolute Gasteiger partial charge is 0.226 e. The molecule has 1 unspecified atom stereocenters. The van der Waals surface area contributed by atoms with Gasteiger partial charge in [0.1, 0.15) is 5.65 Å². The van der Waals surface area contributed by atoms with Gasteiger partial charge in [-0.15, -0.1) is 0 Å². The number of aliphatic hydroxyl groups is 1. The monoisotopic (exact) mass is 508 g/mol. The molecule has 8 heteroatoms. The molecule has 202 valence electrons. The maximum Gasteiger partial charge on any atom is 0.226 e. The molecule has 6 rings (SSSR count). The lowest BCUT2D eigenvalue weighted by atomic mass is 9.88. The summed E-state index contributed by atoms with van der Waals surface area (Å²) in [7, 11) is 2.13. The summed E-state index contributed by atoms with van der Waals surface area (Å²) < 4.78 is 2.39. The largest absolute Gasteiger partial charge is 0.393 e. The average Bonchev–Trinajstić information content (AvgIpc) is 3.57. The zero-order chi connectivity index (χ0) is 25.5. The summed E-state index contributed by atoms with van der Waals surface area (Å²) in [6.07, 6.45) is 14.4. The normalized spacial score (nSPS) is 31.5. The molecule has 4 aliphatic rings. The van der Waals surface area contributed by atoms with E-state index in [0.29, 0.717) is 23.9 Å². The fourth-order valence-electron chi connectivity index (χ4n) is 7.14. The number of carbonyl (C=O) groups is 1. The summed E-state index contributed by atoms with van der Waals surface area (Å²) in [4.78, 5) is 27.4. The number of fused-ring (bicyclic) bond motifs is 1. The van der Waals surface area contributed by atoms with Crippen molar-refractivity contribution in [1.82, 2.24) is 24.3 Å². The molecule has 2 aliphatic carbocycles. The zero-order valence-corrected chi connectivity index (χ0v) is 22.6. The Hall–Kier alpha value is -2.19. The van der Waals surface area contributed by atoms with Gasteiger partial charge in [0.15, 0.2) is 0 Å². The van der Waals surface area contributed by atoms with Crippen molar-refractivity contribution in [2.45, 2.75) is 95.2 Å². The fourth-order valence-corrected chi connectivity index (χ4v) is 7.14. The molecule has 2 aliphatic heterocycles. The SMILES string of the molecule is CC[C@H]1C[C@@H]1Nc1ncc2c(C3CCN(C(=O)C4CCCN(C)C4)CC3)cn([C@H]3CC[C@H](O)CC3)c2n1. The van der Waals surface area contributed by atoms with Gasteiger partial charge in [0.25, 0.3) is 0 Å². The van der Waals surface area contributed by atoms with Gasteiger partial charge in [0.2, 0.25) is 11.9 Å². The van der Waals surface area contributed by atoms with Crippen LogP contribution in [-0.2, 0) is 4.79 Å². The molecule has 4 fully saturated rings. The molecule has 8 nitrogen and oxygen atoms in total. The number of hydrogen-bond donors (Lipinski definition) is 2. The summed E-state index contributed by atoms with van der Waals surface area (Å²) in [5, 5.41) is 14.8. The first kappa shape index (κ1) is 25.1. The molecule has 37 heavy (non-hydrogen) atoms. The minimum absolute atomic E-state index is 0.164. The lowest BCUT2D eigenvalue weighted by Crippen LogP contribution is -2.46. The molecule has 2 aromatic rings. The number of aliphatic hydroxyl groups excluding tert-OH is 1. The second kappa shape index (κ2) is 10.5. The van der Waals surface area contributed by atoms with E-state index < -0.39 is 0 Å². The van der Waals surface area contributed by atoms with E-state index in [4.69, 9.17) is 9.97 Å². The first-order valence-corrected chi connectivity index (χ1v) is 14.8. The van der Waals surface area contributed by atoms with Gasteiger partial charge in [-0.3, -0.25) is 4.79 Å². The van der Waals surface area contributed by atoms with Gasteiger partial charge in [-0.05, 0) is 88.8 Å². The van der Waals surface area contributed by atoms with Crippen molar-refractivity contribution in [2.75, 3.05) is 38.5 Å². The number of hydrogen-bond acceptors (Lipinski definition) is 6. The van der Waals surface area contributed by atoms with Gasteiger partial charge in [-0.1, -0.05) is 13.3 Å². The minimum atomic E-state index is -0.170. The highest BCUT2D eigenvalue weighted by Crippen LogP contribution is 2.40. The maximum absolute atomic E-state index is 13.2. The first-order chi connectivity index (χ1) is 18.0. The number of amides is 1. The Labute approximate surface area is 220 Å². The van der Waals surface area contributed by atoms with Crippen molar-refractivity contribution in [3.63, 3.8) is 0 Å². The van der Waals surface area contributed by atoms with Crippen LogP contribution >= 0.6 is 0 Å². The molecule has 3 atom stereocenters. The molecule has 0 bridgehead atoms. The van der Waals surface area contributed by atoms with Crippen molar-refractivity contribution in [2.24, 2.45) is 11.8 Å². The Bertz CT molecular complexity index is 1100. The van der Waals surface area contributed by atoms with Crippen molar-refractivity contribution in [3.05, 3.63) is 18.0 Å². The quantitative estimate of drug-likeness (QED) is 0.609. The van der Waals surface area contributed by atoms with E-state index in [1.165, 1.54) is 18.4 Å². The van der Waals surface area contributed by atoms with Crippen LogP contribution in [0.15, 0.2) is 12.4 Å². The van der Waals surface area contributed by atoms with Crippen LogP contribution in [0.2, 0.25) is 0 Å². The maximum atomic E-state index is 13.2. The lowest BCUT2D eigenvalue weighted by Gasteiger charge is -2.37. The van der Waals surface area contributed by atoms with Crippen LogP contribution < -0.4 is 5.32 Å². The van der Waals surface area contributed by atoms with E-state index in [1.54, 1.807) is 0 Å². The molecule has 0 radical (unpaired) electrons. The minimum Gasteiger partial charge on any atom is -0.393 e. The Kier molecular flexibility index (Phi) is 7.14. The van der Waals surface area contributed by atoms with Gasteiger partial charge in [0.05, 0.1) is 12.0 Å². The third kappa shape index (κ3) is 5.24. The number of piperidine rings is 2. The number of nitrogens with one attached hydrogen (secondary N) is 1. The van der Waals surface area contributed by atoms with Crippen LogP contribution in [0.4, 0.5) is 5.95 Å². The van der Waals surface area contributed by atoms with Crippen LogP contribution in [0.25, 0.3) is 11.0 Å². The Morgan fingerprint density at radius 2 is 1.89 bits per heavy atom. The number of carbonyl (C=O) groups excluding carboxylic acids is 1. The van der Waals surface area contributed by atoms with Crippen LogP contribution in [0.5, 0.6) is 0 Å². The lowest BCUT2D eigenvalue weighted by molar-refractivity contribution is -0.138. The molecule has 2 N–H and O–H groups in total. The summed E-state index contributed by atoms with van der Waals surface area (Å²) in [5.74, 6) is 2.43. The number of likely N-dealkylation sites (tertiary alicyclic amines) is 2. The van der Waals surface area contributed by atoms with Crippen LogP contribution in [0.3, 0.4) is 0 Å². The van der Waals surface area contributed by atoms with Gasteiger partial charge < -0.3 is 24.8 Å². The predicted octanol–water partition coefficient (Wildman–Crippen LogP) is 4.17. The highest BCUT2D eigenvalue weighted by Gasteiger charge is 2.36. The van der Waals surface area contributed by atoms with Gasteiger partial charge in [-0.2, -0.15) is 4.98 Å². The second-order valence-corrected chi connectivity index (χ2v) is 12.2. The topological polar surface area (TPSA) is 86.5 Å². The zero-order valence-electron chi connectivity index (χ0n) is 22.6. The van der Waals surface area contributed by atoms with E-state index in [2.05, 4.69) is 39.9 Å². The molecular weight excluding hydrogens is 464 g/mol. The van der Waals surface area contributed by atoms with Crippen molar-refractivity contribution >= 4 is 22.9 Å². The summed E-state index contributed by atoms with van der Waals surface area (Å²) in [6, 6.07) is 0.873. The fraction of sp³-hybridized carbons (Fsp3) is 0.759. The van der Waals surface area contributed by atoms with Crippen LogP contribution in [-0.4, -0.2) is 80.7 Å². The van der Waals surface area contributed by atoms with Crippen molar-refractivity contribution in [3.8, 4) is 0 Å². The highest BCUT2D eigenvalue weighted by molar-refractivity contribution is 5.82. The molecular formula is C29H44N6O2. The van der Waals surface area contributed by atoms with Gasteiger partial charge >= 0.3 is 0 Å². The summed E-state index contributed by atoms with van der Waals surface area (Å²) in [5.41, 5.74) is 2.38. The van der Waals surface area contributed by atoms with E-state index in [1.807, 2.05) is 6.20 Å². The predicted molar refractivity (Wildman–Crippen MR) is 146 cm³/mol. The van der Waals surface area contributed by atoms with Gasteiger partial charge in [-0.25, -0.2) is 4.98 Å². The van der Waals surface area contributed by atoms with E-state index in [9.17, 15) is 9.90 Å². The number of anilines is 1. The summed E-state index contributed by atoms with van der Waals surface area (Å²) >= 11 is 0. The second-order valence-electron chi connectivity index (χ2n) is 12.2. The van der Waals surface area contributed by atoms with E-state index >= 15 is 0 Å². The Morgan fingerprint density at radius 3 is 2.59 bits per heavy atom. The Balaban J connectivity index is 1.21. The van der Waals surface area contributed by atoms with Crippen LogP contribution in [0.1, 0.15) is 88.7 Å². The molecule has 2 aromatic heterocycles. The number of aromatic nitrogens is 3. The van der Waals surface area contributed by atoms with Crippen molar-refractivity contribution in [1.29, 1.82) is 0 Å². The highest BCUT2D eigenvalue weighted by atomic mass is 16.3. The standard InChI is InChI=1S/C29H44N6O2/c1-3-19-15-26(19)31-29-30-16-24-25(18-35(27(24)32-29)22-6-8-23(36)9-7-22)20-10-13-34(14-11-20)28(37)21-5-4-12-33(2)17-21/h16,18-23,26,36H,3-15,17H2,1-2H3,(H,30,31,32)/t19-,21?,22-,23-,26-/m0/s1. The van der Waals surface area contributed by atoms with E-state index in [0.717, 1.165) is 100 Å². The van der Waals surface area contributed by atoms with Crippen molar-refractivity contribution < 1.29 is 9.90 Å². The molecule has 2 saturated carbocycles. The number of rotatable bonds is 6.